The minimum absolute atomic E-state index is 0.0446. The Morgan fingerprint density at radius 1 is 1.42 bits per heavy atom. The van der Waals surface area contributed by atoms with Gasteiger partial charge in [-0.15, -0.1) is 0 Å². The third-order valence-corrected chi connectivity index (χ3v) is 3.53. The van der Waals surface area contributed by atoms with Crippen LogP contribution >= 0.6 is 0 Å². The molecular weight excluding hydrogens is 248 g/mol. The number of esters is 2. The van der Waals surface area contributed by atoms with Gasteiger partial charge in [0.15, 0.2) is 5.41 Å². The van der Waals surface area contributed by atoms with Gasteiger partial charge in [-0.2, -0.15) is 0 Å². The molecule has 0 unspecified atom stereocenters. The summed E-state index contributed by atoms with van der Waals surface area (Å²) in [5.41, 5.74) is -1.93. The van der Waals surface area contributed by atoms with Crippen molar-refractivity contribution in [2.75, 3.05) is 0 Å². The SMILES string of the molecule is CC(C)[C@@H]1O[C@@H]2CC[C@@]1(C(=O)OC(C)(C)C)C(=O)O2. The maximum absolute atomic E-state index is 12.5. The zero-order chi connectivity index (χ0) is 14.4. The minimum Gasteiger partial charge on any atom is -0.459 e. The smallest absolute Gasteiger partial charge is 0.328 e. The molecule has 3 aliphatic heterocycles. The highest BCUT2D eigenvalue weighted by molar-refractivity contribution is 6.02. The van der Waals surface area contributed by atoms with E-state index >= 15 is 0 Å². The number of carbonyl (C=O) groups excluding carboxylic acids is 2. The molecule has 3 rings (SSSR count). The molecule has 0 aliphatic carbocycles. The first-order chi connectivity index (χ1) is 8.67. The van der Waals surface area contributed by atoms with E-state index in [0.717, 1.165) is 0 Å². The van der Waals surface area contributed by atoms with Crippen LogP contribution in [-0.2, 0) is 23.8 Å². The Hall–Kier alpha value is -1.10. The van der Waals surface area contributed by atoms with E-state index in [-0.39, 0.29) is 5.92 Å². The number of hydrogen-bond donors (Lipinski definition) is 0. The predicted molar refractivity (Wildman–Crippen MR) is 67.1 cm³/mol. The first kappa shape index (κ1) is 14.3. The van der Waals surface area contributed by atoms with E-state index < -0.39 is 35.3 Å². The molecule has 3 aliphatic rings. The lowest BCUT2D eigenvalue weighted by Gasteiger charge is -2.49. The van der Waals surface area contributed by atoms with Gasteiger partial charge in [-0.05, 0) is 33.1 Å². The van der Waals surface area contributed by atoms with Crippen molar-refractivity contribution in [3.05, 3.63) is 0 Å². The van der Waals surface area contributed by atoms with Crippen LogP contribution in [0.15, 0.2) is 0 Å². The van der Waals surface area contributed by atoms with Gasteiger partial charge in [0.1, 0.15) is 5.60 Å². The Morgan fingerprint density at radius 2 is 2.05 bits per heavy atom. The van der Waals surface area contributed by atoms with Crippen LogP contribution in [0.5, 0.6) is 0 Å². The van der Waals surface area contributed by atoms with Crippen LogP contribution in [0.25, 0.3) is 0 Å². The third kappa shape index (κ3) is 2.36. The fraction of sp³-hybridized carbons (Fsp3) is 0.857. The van der Waals surface area contributed by atoms with Gasteiger partial charge >= 0.3 is 11.9 Å². The Bertz CT molecular complexity index is 395. The summed E-state index contributed by atoms with van der Waals surface area (Å²) >= 11 is 0. The van der Waals surface area contributed by atoms with Crippen molar-refractivity contribution in [3.63, 3.8) is 0 Å². The highest BCUT2D eigenvalue weighted by Gasteiger charge is 2.64. The summed E-state index contributed by atoms with van der Waals surface area (Å²) in [6.45, 7) is 9.22. The summed E-state index contributed by atoms with van der Waals surface area (Å²) in [7, 11) is 0. The van der Waals surface area contributed by atoms with E-state index in [1.807, 2.05) is 13.8 Å². The van der Waals surface area contributed by atoms with Crippen molar-refractivity contribution in [3.8, 4) is 0 Å². The van der Waals surface area contributed by atoms with E-state index in [4.69, 9.17) is 14.2 Å². The van der Waals surface area contributed by atoms with Crippen LogP contribution in [0.4, 0.5) is 0 Å². The number of carbonyl (C=O) groups is 2. The fourth-order valence-corrected chi connectivity index (χ4v) is 2.76. The molecule has 0 aromatic carbocycles. The zero-order valence-corrected chi connectivity index (χ0v) is 12.2. The maximum Gasteiger partial charge on any atom is 0.328 e. The zero-order valence-electron chi connectivity index (χ0n) is 12.2. The Morgan fingerprint density at radius 3 is 2.53 bits per heavy atom. The normalized spacial score (nSPS) is 34.3. The second-order valence-corrected chi connectivity index (χ2v) is 6.65. The summed E-state index contributed by atoms with van der Waals surface area (Å²) in [5.74, 6) is -0.979. The van der Waals surface area contributed by atoms with Crippen LogP contribution in [0.3, 0.4) is 0 Å². The van der Waals surface area contributed by atoms with E-state index in [9.17, 15) is 9.59 Å². The molecule has 0 amide bonds. The molecule has 3 heterocycles. The highest BCUT2D eigenvalue weighted by Crippen LogP contribution is 2.47. The Labute approximate surface area is 113 Å². The lowest BCUT2D eigenvalue weighted by Crippen LogP contribution is -2.63. The Balaban J connectivity index is 2.34. The predicted octanol–water partition coefficient (Wildman–Crippen LogP) is 2.03. The summed E-state index contributed by atoms with van der Waals surface area (Å²) in [6.07, 6.45) is 0.00852. The van der Waals surface area contributed by atoms with Gasteiger partial charge in [-0.25, -0.2) is 0 Å². The van der Waals surface area contributed by atoms with Crippen LogP contribution in [-0.4, -0.2) is 29.9 Å². The molecule has 108 valence electrons. The molecule has 0 N–H and O–H groups in total. The second-order valence-electron chi connectivity index (χ2n) is 6.65. The molecular formula is C14H22O5. The quantitative estimate of drug-likeness (QED) is 0.567. The van der Waals surface area contributed by atoms with Crippen LogP contribution in [0.1, 0.15) is 47.5 Å². The summed E-state index contributed by atoms with van der Waals surface area (Å²) in [5, 5.41) is 0. The molecule has 3 atom stereocenters. The molecule has 0 radical (unpaired) electrons. The molecule has 0 aromatic rings. The lowest BCUT2D eigenvalue weighted by molar-refractivity contribution is -0.286. The fourth-order valence-electron chi connectivity index (χ4n) is 2.76. The van der Waals surface area contributed by atoms with Gasteiger partial charge < -0.3 is 14.2 Å². The van der Waals surface area contributed by atoms with E-state index in [2.05, 4.69) is 0 Å². The monoisotopic (exact) mass is 270 g/mol. The van der Waals surface area contributed by atoms with Gasteiger partial charge in [0.05, 0.1) is 6.10 Å². The number of fused-ring (bicyclic) bond motifs is 3. The average molecular weight is 270 g/mol. The number of rotatable bonds is 2. The van der Waals surface area contributed by atoms with Crippen molar-refractivity contribution in [1.29, 1.82) is 0 Å². The first-order valence-corrected chi connectivity index (χ1v) is 6.77. The van der Waals surface area contributed by atoms with Gasteiger partial charge in [-0.3, -0.25) is 9.59 Å². The van der Waals surface area contributed by atoms with Crippen LogP contribution in [0, 0.1) is 11.3 Å². The van der Waals surface area contributed by atoms with E-state index in [0.29, 0.717) is 12.8 Å². The van der Waals surface area contributed by atoms with Crippen molar-refractivity contribution >= 4 is 11.9 Å². The highest BCUT2D eigenvalue weighted by atomic mass is 16.7. The number of ether oxygens (including phenoxy) is 3. The molecule has 19 heavy (non-hydrogen) atoms. The van der Waals surface area contributed by atoms with Gasteiger partial charge in [0.25, 0.3) is 0 Å². The van der Waals surface area contributed by atoms with Crippen LogP contribution in [0.2, 0.25) is 0 Å². The summed E-state index contributed by atoms with van der Waals surface area (Å²) in [4.78, 5) is 24.7. The molecule has 0 spiro atoms. The number of hydrogen-bond acceptors (Lipinski definition) is 5. The molecule has 3 saturated heterocycles. The van der Waals surface area contributed by atoms with Gasteiger partial charge in [0.2, 0.25) is 6.29 Å². The molecule has 2 bridgehead atoms. The average Bonchev–Trinajstić information content (AvgIpc) is 2.26. The summed E-state index contributed by atoms with van der Waals surface area (Å²) < 4.78 is 16.3. The van der Waals surface area contributed by atoms with Gasteiger partial charge in [0, 0.05) is 6.42 Å². The molecule has 0 aromatic heterocycles. The van der Waals surface area contributed by atoms with Crippen LogP contribution < -0.4 is 0 Å². The van der Waals surface area contributed by atoms with Crippen molar-refractivity contribution < 1.29 is 23.8 Å². The third-order valence-electron chi connectivity index (χ3n) is 3.53. The van der Waals surface area contributed by atoms with Gasteiger partial charge in [-0.1, -0.05) is 13.8 Å². The molecule has 3 fully saturated rings. The summed E-state index contributed by atoms with van der Waals surface area (Å²) in [6, 6.07) is 0. The standard InChI is InChI=1S/C14H22O5/c1-8(2)10-14(12(16)19-13(3,4)5)7-6-9(17-10)18-11(14)15/h8-10H,6-7H2,1-5H3/t9-,10-,14-/m0/s1. The molecule has 5 heteroatoms. The van der Waals surface area contributed by atoms with E-state index in [1.54, 1.807) is 20.8 Å². The van der Waals surface area contributed by atoms with Crippen molar-refractivity contribution in [2.45, 2.75) is 65.5 Å². The molecule has 0 saturated carbocycles. The Kier molecular flexibility index (Phi) is 3.37. The van der Waals surface area contributed by atoms with E-state index in [1.165, 1.54) is 0 Å². The topological polar surface area (TPSA) is 61.8 Å². The first-order valence-electron chi connectivity index (χ1n) is 6.77. The second kappa shape index (κ2) is 4.47. The van der Waals surface area contributed by atoms with Crippen molar-refractivity contribution in [2.24, 2.45) is 11.3 Å². The molecule has 5 nitrogen and oxygen atoms in total. The largest absolute Gasteiger partial charge is 0.459 e. The maximum atomic E-state index is 12.5. The minimum atomic E-state index is -1.30. The van der Waals surface area contributed by atoms with Crippen molar-refractivity contribution in [1.82, 2.24) is 0 Å². The lowest BCUT2D eigenvalue weighted by atomic mass is 9.70.